The average Bonchev–Trinajstić information content (AvgIpc) is 3.19. The van der Waals surface area contributed by atoms with Crippen molar-refractivity contribution in [2.75, 3.05) is 6.54 Å². The van der Waals surface area contributed by atoms with E-state index in [1.54, 1.807) is 0 Å². The Morgan fingerprint density at radius 1 is 1.00 bits per heavy atom. The Morgan fingerprint density at radius 3 is 2.55 bits per heavy atom. The molecule has 2 aromatic heterocycles. The molecular weight excluding hydrogens is 362 g/mol. The number of para-hydroxylation sites is 2. The van der Waals surface area contributed by atoms with E-state index >= 15 is 0 Å². The molecule has 0 unspecified atom stereocenters. The van der Waals surface area contributed by atoms with E-state index in [4.69, 9.17) is 4.42 Å². The molecule has 0 radical (unpaired) electrons. The molecule has 0 spiro atoms. The largest absolute Gasteiger partial charge is 0.507 e. The zero-order valence-electron chi connectivity index (χ0n) is 16.8. The first-order valence-electron chi connectivity index (χ1n) is 10.0. The molecule has 0 amide bonds. The third-order valence-corrected chi connectivity index (χ3v) is 5.13. The van der Waals surface area contributed by atoms with Gasteiger partial charge in [-0.05, 0) is 48.9 Å². The highest BCUT2D eigenvalue weighted by Gasteiger charge is 2.18. The van der Waals surface area contributed by atoms with Gasteiger partial charge in [-0.15, -0.1) is 0 Å². The average molecular weight is 387 g/mol. The number of oxazole rings is 1. The highest BCUT2D eigenvalue weighted by molar-refractivity contribution is 5.78. The van der Waals surface area contributed by atoms with Crippen LogP contribution in [0.15, 0.2) is 65.2 Å². The number of aryl methyl sites for hydroxylation is 1. The first-order chi connectivity index (χ1) is 14.2. The molecule has 1 N–H and O–H groups in total. The number of hydrogen-bond donors (Lipinski definition) is 1. The topological polar surface area (TPSA) is 62.4 Å². The van der Waals surface area contributed by atoms with Crippen LogP contribution in [0, 0.1) is 0 Å². The maximum absolute atomic E-state index is 11.1. The number of nitrogens with zero attached hydrogens (tertiary/aromatic N) is 3. The van der Waals surface area contributed by atoms with E-state index in [0.717, 1.165) is 47.4 Å². The fraction of sp³-hybridized carbons (Fsp3) is 0.250. The van der Waals surface area contributed by atoms with Crippen LogP contribution < -0.4 is 0 Å². The molecule has 5 nitrogen and oxygen atoms in total. The number of hydrogen-bond acceptors (Lipinski definition) is 5. The highest BCUT2D eigenvalue weighted by Crippen LogP contribution is 2.35. The van der Waals surface area contributed by atoms with Crippen molar-refractivity contribution in [2.24, 2.45) is 0 Å². The Bertz CT molecular complexity index is 1070. The second-order valence-corrected chi connectivity index (χ2v) is 7.12. The molecule has 0 aliphatic carbocycles. The zero-order chi connectivity index (χ0) is 20.2. The molecule has 4 rings (SSSR count). The summed E-state index contributed by atoms with van der Waals surface area (Å²) in [5, 5.41) is 11.1. The summed E-state index contributed by atoms with van der Waals surface area (Å²) in [4.78, 5) is 11.3. The summed E-state index contributed by atoms with van der Waals surface area (Å²) in [6.45, 7) is 6.43. The summed E-state index contributed by atoms with van der Waals surface area (Å²) in [7, 11) is 0. The van der Waals surface area contributed by atoms with Crippen LogP contribution in [0.1, 0.15) is 30.7 Å². The van der Waals surface area contributed by atoms with Crippen LogP contribution in [0.3, 0.4) is 0 Å². The third-order valence-electron chi connectivity index (χ3n) is 5.13. The molecule has 0 aliphatic rings. The van der Waals surface area contributed by atoms with Crippen molar-refractivity contribution in [3.8, 4) is 17.2 Å². The van der Waals surface area contributed by atoms with Gasteiger partial charge in [0.1, 0.15) is 11.3 Å². The Hall–Kier alpha value is -3.18. The van der Waals surface area contributed by atoms with Gasteiger partial charge in [0.15, 0.2) is 5.58 Å². The molecule has 5 heteroatoms. The van der Waals surface area contributed by atoms with Gasteiger partial charge in [-0.25, -0.2) is 4.98 Å². The van der Waals surface area contributed by atoms with Crippen LogP contribution in [-0.2, 0) is 19.5 Å². The van der Waals surface area contributed by atoms with Crippen molar-refractivity contribution in [2.45, 2.75) is 33.4 Å². The fourth-order valence-corrected chi connectivity index (χ4v) is 3.48. The van der Waals surface area contributed by atoms with Gasteiger partial charge in [0.25, 0.3) is 0 Å². The van der Waals surface area contributed by atoms with E-state index in [1.165, 1.54) is 0 Å². The minimum atomic E-state index is 0.230. The maximum Gasteiger partial charge on any atom is 0.231 e. The van der Waals surface area contributed by atoms with Crippen LogP contribution in [0.2, 0.25) is 0 Å². The molecule has 2 aromatic carbocycles. The number of phenolic OH excluding ortho intramolecular Hbond substituents is 1. The van der Waals surface area contributed by atoms with Gasteiger partial charge in [-0.3, -0.25) is 9.88 Å². The number of rotatable bonds is 7. The molecule has 0 saturated carbocycles. The van der Waals surface area contributed by atoms with Crippen LogP contribution in [0.25, 0.3) is 22.6 Å². The summed E-state index contributed by atoms with van der Waals surface area (Å²) in [5.74, 6) is 0.682. The molecule has 148 valence electrons. The van der Waals surface area contributed by atoms with Crippen LogP contribution >= 0.6 is 0 Å². The second kappa shape index (κ2) is 8.45. The monoisotopic (exact) mass is 387 g/mol. The first-order valence-corrected chi connectivity index (χ1v) is 10.0. The Morgan fingerprint density at radius 2 is 1.83 bits per heavy atom. The van der Waals surface area contributed by atoms with Gasteiger partial charge in [0.05, 0.1) is 11.3 Å². The number of fused-ring (bicyclic) bond motifs is 1. The molecule has 4 aromatic rings. The van der Waals surface area contributed by atoms with E-state index < -0.39 is 0 Å². The molecule has 0 fully saturated rings. The lowest BCUT2D eigenvalue weighted by atomic mass is 10.0. The number of aromatic nitrogens is 2. The van der Waals surface area contributed by atoms with Gasteiger partial charge in [-0.1, -0.05) is 38.1 Å². The highest BCUT2D eigenvalue weighted by atomic mass is 16.3. The lowest BCUT2D eigenvalue weighted by Crippen LogP contribution is -2.23. The minimum absolute atomic E-state index is 0.230. The molecule has 0 bridgehead atoms. The Labute approximate surface area is 170 Å². The number of benzene rings is 2. The molecule has 2 heterocycles. The van der Waals surface area contributed by atoms with Crippen molar-refractivity contribution >= 4 is 11.1 Å². The van der Waals surface area contributed by atoms with Gasteiger partial charge >= 0.3 is 0 Å². The van der Waals surface area contributed by atoms with Gasteiger partial charge < -0.3 is 9.52 Å². The second-order valence-electron chi connectivity index (χ2n) is 7.12. The lowest BCUT2D eigenvalue weighted by Gasteiger charge is -2.21. The van der Waals surface area contributed by atoms with Crippen molar-refractivity contribution in [3.05, 3.63) is 77.6 Å². The summed E-state index contributed by atoms with van der Waals surface area (Å²) in [6, 6.07) is 17.6. The summed E-state index contributed by atoms with van der Waals surface area (Å²) in [5.41, 5.74) is 5.18. The summed E-state index contributed by atoms with van der Waals surface area (Å²) >= 11 is 0. The molecule has 0 atom stereocenters. The number of phenols is 1. The van der Waals surface area contributed by atoms with Crippen molar-refractivity contribution in [1.82, 2.24) is 14.9 Å². The predicted molar refractivity (Wildman–Crippen MR) is 115 cm³/mol. The van der Waals surface area contributed by atoms with Gasteiger partial charge in [0, 0.05) is 24.8 Å². The quantitative estimate of drug-likeness (QED) is 0.473. The van der Waals surface area contributed by atoms with Crippen LogP contribution in [0.4, 0.5) is 0 Å². The van der Waals surface area contributed by atoms with Crippen molar-refractivity contribution in [1.29, 1.82) is 0 Å². The van der Waals surface area contributed by atoms with E-state index in [2.05, 4.69) is 34.8 Å². The normalized spacial score (nSPS) is 11.4. The number of aromatic hydroxyl groups is 1. The summed E-state index contributed by atoms with van der Waals surface area (Å²) in [6.07, 6.45) is 2.68. The van der Waals surface area contributed by atoms with E-state index in [9.17, 15) is 5.11 Å². The van der Waals surface area contributed by atoms with E-state index in [1.807, 2.05) is 54.7 Å². The maximum atomic E-state index is 11.1. The van der Waals surface area contributed by atoms with E-state index in [-0.39, 0.29) is 5.75 Å². The Balaban J connectivity index is 1.68. The SMILES string of the molecule is CCc1cc(CN(CC)Cc2ccccn2)c(O)c(-c2nc3ccccc3o2)c1. The zero-order valence-corrected chi connectivity index (χ0v) is 16.8. The van der Waals surface area contributed by atoms with Crippen molar-refractivity contribution in [3.63, 3.8) is 0 Å². The standard InChI is InChI=1S/C24H25N3O2/c1-3-17-13-18(15-27(4-2)16-19-9-7-8-12-25-19)23(28)20(14-17)24-26-21-10-5-6-11-22(21)29-24/h5-14,28H,3-4,15-16H2,1-2H3. The molecular formula is C24H25N3O2. The number of pyridine rings is 1. The van der Waals surface area contributed by atoms with Gasteiger partial charge in [-0.2, -0.15) is 0 Å². The minimum Gasteiger partial charge on any atom is -0.507 e. The lowest BCUT2D eigenvalue weighted by molar-refractivity contribution is 0.264. The summed E-state index contributed by atoms with van der Waals surface area (Å²) < 4.78 is 5.92. The van der Waals surface area contributed by atoms with Crippen molar-refractivity contribution < 1.29 is 9.52 Å². The molecule has 0 saturated heterocycles. The Kier molecular flexibility index (Phi) is 5.58. The van der Waals surface area contributed by atoms with E-state index in [0.29, 0.717) is 18.0 Å². The third kappa shape index (κ3) is 4.15. The van der Waals surface area contributed by atoms with Gasteiger partial charge in [0.2, 0.25) is 5.89 Å². The van der Waals surface area contributed by atoms with Crippen LogP contribution in [0.5, 0.6) is 5.75 Å². The fourth-order valence-electron chi connectivity index (χ4n) is 3.48. The molecule has 0 aliphatic heterocycles. The predicted octanol–water partition coefficient (Wildman–Crippen LogP) is 5.18. The first kappa shape index (κ1) is 19.2. The molecule has 29 heavy (non-hydrogen) atoms. The van der Waals surface area contributed by atoms with Crippen LogP contribution in [-0.4, -0.2) is 26.5 Å². The smallest absolute Gasteiger partial charge is 0.231 e.